The number of carbonyl (C=O) groups excluding carboxylic acids is 2. The van der Waals surface area contributed by atoms with Gasteiger partial charge in [0.05, 0.1) is 17.0 Å². The lowest BCUT2D eigenvalue weighted by Crippen LogP contribution is -2.52. The number of aryl methyl sites for hydroxylation is 2. The number of halogens is 3. The van der Waals surface area contributed by atoms with Gasteiger partial charge in [-0.1, -0.05) is 35.3 Å². The number of amides is 2. The van der Waals surface area contributed by atoms with Crippen LogP contribution in [0.2, 0.25) is 10.0 Å². The summed E-state index contributed by atoms with van der Waals surface area (Å²) >= 11 is 12.1. The zero-order valence-electron chi connectivity index (χ0n) is 18.6. The molecule has 0 bridgehead atoms. The highest BCUT2D eigenvalue weighted by Crippen LogP contribution is 2.40. The molecule has 2 amide bonds. The van der Waals surface area contributed by atoms with E-state index in [1.165, 1.54) is 30.3 Å². The summed E-state index contributed by atoms with van der Waals surface area (Å²) in [5.41, 5.74) is 0.857. The first kappa shape index (κ1) is 25.0. The van der Waals surface area contributed by atoms with Crippen molar-refractivity contribution in [3.8, 4) is 0 Å². The quantitative estimate of drug-likeness (QED) is 0.463. The second-order valence-electron chi connectivity index (χ2n) is 8.07. The summed E-state index contributed by atoms with van der Waals surface area (Å²) in [6.45, 7) is 3.21. The van der Waals surface area contributed by atoms with Crippen LogP contribution >= 0.6 is 23.2 Å². The van der Waals surface area contributed by atoms with Crippen molar-refractivity contribution in [3.05, 3.63) is 81.6 Å². The van der Waals surface area contributed by atoms with Crippen LogP contribution in [0.3, 0.4) is 0 Å². The fourth-order valence-corrected chi connectivity index (χ4v) is 6.19. The van der Waals surface area contributed by atoms with Crippen molar-refractivity contribution in [3.63, 3.8) is 0 Å². The predicted octanol–water partition coefficient (Wildman–Crippen LogP) is 5.29. The van der Waals surface area contributed by atoms with Crippen molar-refractivity contribution in [2.24, 2.45) is 0 Å². The Labute approximate surface area is 211 Å². The number of carbonyl (C=O) groups is 2. The summed E-state index contributed by atoms with van der Waals surface area (Å²) < 4.78 is 43.2. The van der Waals surface area contributed by atoms with E-state index in [4.69, 9.17) is 23.2 Å². The molecule has 0 radical (unpaired) electrons. The van der Waals surface area contributed by atoms with E-state index >= 15 is 0 Å². The number of nitrogens with one attached hydrogen (secondary N) is 2. The summed E-state index contributed by atoms with van der Waals surface area (Å²) in [7, 11) is -4.42. The second kappa shape index (κ2) is 9.49. The highest BCUT2D eigenvalue weighted by molar-refractivity contribution is 7.93. The summed E-state index contributed by atoms with van der Waals surface area (Å²) in [5, 5.41) is 5.78. The van der Waals surface area contributed by atoms with Gasteiger partial charge in [0.15, 0.2) is 0 Å². The Morgan fingerprint density at radius 3 is 2.51 bits per heavy atom. The van der Waals surface area contributed by atoms with Gasteiger partial charge in [-0.2, -0.15) is 0 Å². The van der Waals surface area contributed by atoms with Crippen molar-refractivity contribution in [2.75, 3.05) is 14.9 Å². The molecule has 182 valence electrons. The Kier molecular flexibility index (Phi) is 6.77. The van der Waals surface area contributed by atoms with Gasteiger partial charge in [0.2, 0.25) is 11.8 Å². The van der Waals surface area contributed by atoms with E-state index < -0.39 is 40.1 Å². The van der Waals surface area contributed by atoms with Crippen LogP contribution in [-0.2, 0) is 19.6 Å². The average molecular weight is 536 g/mol. The molecular formula is C24H20Cl2FN3O4S. The largest absolute Gasteiger partial charge is 0.326 e. The van der Waals surface area contributed by atoms with E-state index in [-0.39, 0.29) is 16.3 Å². The van der Waals surface area contributed by atoms with E-state index in [9.17, 15) is 22.4 Å². The number of hydrogen-bond acceptors (Lipinski definition) is 4. The Bertz CT molecular complexity index is 1460. The van der Waals surface area contributed by atoms with Gasteiger partial charge in [0, 0.05) is 15.7 Å². The summed E-state index contributed by atoms with van der Waals surface area (Å²) in [6, 6.07) is 11.6. The normalized spacial score (nSPS) is 15.4. The van der Waals surface area contributed by atoms with E-state index in [1.54, 1.807) is 32.0 Å². The summed E-state index contributed by atoms with van der Waals surface area (Å²) in [5.74, 6) is -2.27. The number of nitrogens with zero attached hydrogens (tertiary/aromatic N) is 1. The molecule has 7 nitrogen and oxygen atoms in total. The van der Waals surface area contributed by atoms with Crippen molar-refractivity contribution in [1.29, 1.82) is 0 Å². The molecular weight excluding hydrogens is 516 g/mol. The van der Waals surface area contributed by atoms with Crippen LogP contribution in [0, 0.1) is 19.7 Å². The molecule has 0 spiro atoms. The molecule has 3 aromatic rings. The molecule has 3 aromatic carbocycles. The zero-order valence-corrected chi connectivity index (χ0v) is 20.9. The van der Waals surface area contributed by atoms with Gasteiger partial charge in [-0.05, 0) is 67.4 Å². The molecule has 11 heteroatoms. The number of fused-ring (bicyclic) bond motifs is 1. The van der Waals surface area contributed by atoms with Crippen LogP contribution in [0.1, 0.15) is 17.5 Å². The Morgan fingerprint density at radius 1 is 1.09 bits per heavy atom. The maximum Gasteiger partial charge on any atom is 0.265 e. The molecule has 0 aliphatic carbocycles. The SMILES string of the molecule is Cc1cc(S(=O)(=O)N2c3cccc(F)c3NC(=O)C2CC(=O)Nc2cccc(Cl)c2)c(C)cc1Cl. The van der Waals surface area contributed by atoms with Crippen molar-refractivity contribution in [1.82, 2.24) is 0 Å². The molecule has 1 unspecified atom stereocenters. The third-order valence-corrected chi connectivity index (χ3v) is 8.15. The van der Waals surface area contributed by atoms with Crippen molar-refractivity contribution < 1.29 is 22.4 Å². The highest BCUT2D eigenvalue weighted by Gasteiger charge is 2.43. The molecule has 35 heavy (non-hydrogen) atoms. The third-order valence-electron chi connectivity index (χ3n) is 5.54. The first-order valence-corrected chi connectivity index (χ1v) is 12.6. The second-order valence-corrected chi connectivity index (χ2v) is 10.7. The van der Waals surface area contributed by atoms with Crippen LogP contribution in [0.4, 0.5) is 21.5 Å². The maximum atomic E-state index is 14.6. The van der Waals surface area contributed by atoms with Gasteiger partial charge >= 0.3 is 0 Å². The number of para-hydroxylation sites is 1. The lowest BCUT2D eigenvalue weighted by molar-refractivity contribution is -0.122. The Hall–Kier alpha value is -3.14. The van der Waals surface area contributed by atoms with E-state index in [1.807, 2.05) is 0 Å². The maximum absolute atomic E-state index is 14.6. The standard InChI is InChI=1S/C24H20Cl2FN3O4S/c1-13-10-21(14(2)9-17(13)26)35(33,34)30-19-8-4-7-18(27)23(19)29-24(32)20(30)12-22(31)28-16-6-3-5-15(25)11-16/h3-11,20H,12H2,1-2H3,(H,28,31)(H,29,32). The smallest absolute Gasteiger partial charge is 0.265 e. The van der Waals surface area contributed by atoms with Gasteiger partial charge in [-0.15, -0.1) is 0 Å². The molecule has 0 saturated heterocycles. The number of rotatable bonds is 5. The van der Waals surface area contributed by atoms with Crippen molar-refractivity contribution in [2.45, 2.75) is 31.2 Å². The number of sulfonamides is 1. The lowest BCUT2D eigenvalue weighted by Gasteiger charge is -2.37. The molecule has 1 atom stereocenters. The van der Waals surface area contributed by atoms with Crippen LogP contribution in [0.25, 0.3) is 0 Å². The first-order chi connectivity index (χ1) is 16.5. The minimum Gasteiger partial charge on any atom is -0.326 e. The van der Waals surface area contributed by atoms with Gasteiger partial charge in [-0.3, -0.25) is 13.9 Å². The minimum absolute atomic E-state index is 0.0860. The van der Waals surface area contributed by atoms with Gasteiger partial charge < -0.3 is 10.6 Å². The Balaban J connectivity index is 1.80. The number of benzene rings is 3. The van der Waals surface area contributed by atoms with Crippen molar-refractivity contribution >= 4 is 62.1 Å². The number of anilines is 3. The monoisotopic (exact) mass is 535 g/mol. The molecule has 1 aliphatic heterocycles. The van der Waals surface area contributed by atoms with E-state index in [0.29, 0.717) is 26.9 Å². The predicted molar refractivity (Wildman–Crippen MR) is 134 cm³/mol. The van der Waals surface area contributed by atoms with Gasteiger partial charge in [0.25, 0.3) is 10.0 Å². The van der Waals surface area contributed by atoms with E-state index in [0.717, 1.165) is 10.4 Å². The van der Waals surface area contributed by atoms with E-state index in [2.05, 4.69) is 10.6 Å². The van der Waals surface area contributed by atoms with Crippen LogP contribution < -0.4 is 14.9 Å². The minimum atomic E-state index is -4.42. The first-order valence-electron chi connectivity index (χ1n) is 10.4. The number of hydrogen-bond donors (Lipinski definition) is 2. The zero-order chi connectivity index (χ0) is 25.5. The Morgan fingerprint density at radius 2 is 1.80 bits per heavy atom. The van der Waals surface area contributed by atoms with Crippen LogP contribution in [0.15, 0.2) is 59.5 Å². The summed E-state index contributed by atoms with van der Waals surface area (Å²) in [4.78, 5) is 25.8. The topological polar surface area (TPSA) is 95.6 Å². The van der Waals surface area contributed by atoms with Gasteiger partial charge in [0.1, 0.15) is 17.5 Å². The van der Waals surface area contributed by atoms with Crippen LogP contribution in [-0.4, -0.2) is 26.3 Å². The fraction of sp³-hybridized carbons (Fsp3) is 0.167. The highest BCUT2D eigenvalue weighted by atomic mass is 35.5. The third kappa shape index (κ3) is 4.84. The van der Waals surface area contributed by atoms with Crippen LogP contribution in [0.5, 0.6) is 0 Å². The lowest BCUT2D eigenvalue weighted by atomic mass is 10.1. The molecule has 0 aromatic heterocycles. The van der Waals surface area contributed by atoms with Gasteiger partial charge in [-0.25, -0.2) is 12.8 Å². The molecule has 1 aliphatic rings. The fourth-order valence-electron chi connectivity index (χ4n) is 3.87. The summed E-state index contributed by atoms with van der Waals surface area (Å²) in [6.07, 6.45) is -0.529. The molecule has 2 N–H and O–H groups in total. The molecule has 4 rings (SSSR count). The molecule has 1 heterocycles. The molecule has 0 saturated carbocycles. The molecule has 0 fully saturated rings. The average Bonchev–Trinajstić information content (AvgIpc) is 2.77.